The molecule has 1 aromatic carbocycles. The maximum Gasteiger partial charge on any atom is 0.407 e. The molecule has 0 spiro atoms. The lowest BCUT2D eigenvalue weighted by Gasteiger charge is -2.19. The third-order valence-corrected chi connectivity index (χ3v) is 3.44. The van der Waals surface area contributed by atoms with Gasteiger partial charge in [-0.15, -0.1) is 24.0 Å². The molecule has 7 heteroatoms. The highest BCUT2D eigenvalue weighted by Gasteiger charge is 2.14. The minimum Gasteiger partial charge on any atom is -0.450 e. The van der Waals surface area contributed by atoms with Crippen LogP contribution in [-0.2, 0) is 11.2 Å². The second-order valence-corrected chi connectivity index (χ2v) is 6.10. The van der Waals surface area contributed by atoms with Crippen LogP contribution in [0.3, 0.4) is 0 Å². The first-order valence-corrected chi connectivity index (χ1v) is 8.53. The van der Waals surface area contributed by atoms with Gasteiger partial charge in [-0.05, 0) is 43.4 Å². The van der Waals surface area contributed by atoms with Gasteiger partial charge in [0.25, 0.3) is 0 Å². The van der Waals surface area contributed by atoms with Crippen LogP contribution in [0.4, 0.5) is 10.5 Å². The van der Waals surface area contributed by atoms with Gasteiger partial charge < -0.3 is 21.1 Å². The molecule has 0 radical (unpaired) electrons. The van der Waals surface area contributed by atoms with E-state index in [2.05, 4.69) is 42.5 Å². The van der Waals surface area contributed by atoms with Crippen LogP contribution in [0.2, 0.25) is 0 Å². The fraction of sp³-hybridized carbons (Fsp3) is 0.556. The zero-order valence-electron chi connectivity index (χ0n) is 15.5. The minimum absolute atomic E-state index is 0. The van der Waals surface area contributed by atoms with Crippen molar-refractivity contribution in [1.29, 1.82) is 0 Å². The molecule has 1 atom stereocenters. The number of guanidine groups is 1. The number of ether oxygens (including phenoxy) is 1. The number of aliphatic imine (C=N–C) groups is 1. The Balaban J connectivity index is 0.00000576. The van der Waals surface area contributed by atoms with Gasteiger partial charge in [-0.1, -0.05) is 32.9 Å². The summed E-state index contributed by atoms with van der Waals surface area (Å²) in [6.07, 6.45) is 1.36. The summed E-state index contributed by atoms with van der Waals surface area (Å²) < 4.78 is 4.94. The van der Waals surface area contributed by atoms with Crippen LogP contribution in [0.15, 0.2) is 29.3 Å². The van der Waals surface area contributed by atoms with Crippen LogP contribution in [0, 0.1) is 5.92 Å². The standard InChI is InChI=1S/C18H30N4O2.HI/c1-5-14-8-7-9-15(11-14)21-17(19)20-12-16(10-13(3)4)22-18(23)24-6-2;/h7-9,11,13,16H,5-6,10,12H2,1-4H3,(H,22,23)(H3,19,20,21);1H. The molecule has 1 amide bonds. The van der Waals surface area contributed by atoms with Gasteiger partial charge in [0, 0.05) is 5.69 Å². The molecule has 6 nitrogen and oxygen atoms in total. The Bertz CT molecular complexity index is 550. The van der Waals surface area contributed by atoms with Crippen LogP contribution >= 0.6 is 24.0 Å². The van der Waals surface area contributed by atoms with Gasteiger partial charge in [0.05, 0.1) is 19.2 Å². The number of carbonyl (C=O) groups excluding carboxylic acids is 1. The molecule has 1 aromatic rings. The number of benzene rings is 1. The highest BCUT2D eigenvalue weighted by Crippen LogP contribution is 2.11. The van der Waals surface area contributed by atoms with E-state index >= 15 is 0 Å². The Morgan fingerprint density at radius 1 is 1.32 bits per heavy atom. The van der Waals surface area contributed by atoms with Crippen molar-refractivity contribution in [2.45, 2.75) is 46.6 Å². The molecule has 1 unspecified atom stereocenters. The van der Waals surface area contributed by atoms with Gasteiger partial charge in [-0.2, -0.15) is 0 Å². The van der Waals surface area contributed by atoms with Crippen molar-refractivity contribution in [1.82, 2.24) is 5.32 Å². The topological polar surface area (TPSA) is 88.7 Å². The average Bonchev–Trinajstić information content (AvgIpc) is 2.52. The molecule has 0 aliphatic heterocycles. The Morgan fingerprint density at radius 3 is 2.64 bits per heavy atom. The second-order valence-electron chi connectivity index (χ2n) is 6.10. The van der Waals surface area contributed by atoms with Gasteiger partial charge in [0.1, 0.15) is 0 Å². The quantitative estimate of drug-likeness (QED) is 0.312. The van der Waals surface area contributed by atoms with Crippen molar-refractivity contribution in [3.8, 4) is 0 Å². The molecule has 0 saturated carbocycles. The van der Waals surface area contributed by atoms with Crippen molar-refractivity contribution in [3.63, 3.8) is 0 Å². The molecule has 1 rings (SSSR count). The molecular weight excluding hydrogens is 431 g/mol. The van der Waals surface area contributed by atoms with E-state index in [1.54, 1.807) is 6.92 Å². The van der Waals surface area contributed by atoms with Crippen LogP contribution < -0.4 is 16.4 Å². The number of carbonyl (C=O) groups is 1. The molecule has 0 fully saturated rings. The fourth-order valence-electron chi connectivity index (χ4n) is 2.35. The minimum atomic E-state index is -0.416. The van der Waals surface area contributed by atoms with Crippen molar-refractivity contribution in [2.75, 3.05) is 18.5 Å². The number of hydrogen-bond donors (Lipinski definition) is 3. The lowest BCUT2D eigenvalue weighted by Crippen LogP contribution is -2.39. The number of nitrogens with two attached hydrogens (primary N) is 1. The summed E-state index contributed by atoms with van der Waals surface area (Å²) in [5.41, 5.74) is 8.10. The maximum absolute atomic E-state index is 11.6. The van der Waals surface area contributed by atoms with Gasteiger partial charge >= 0.3 is 6.09 Å². The summed E-state index contributed by atoms with van der Waals surface area (Å²) in [4.78, 5) is 16.0. The molecule has 0 aromatic heterocycles. The van der Waals surface area contributed by atoms with Crippen molar-refractivity contribution >= 4 is 41.7 Å². The third-order valence-electron chi connectivity index (χ3n) is 3.44. The third kappa shape index (κ3) is 10.2. The normalized spacial score (nSPS) is 12.3. The Morgan fingerprint density at radius 2 is 2.04 bits per heavy atom. The fourth-order valence-corrected chi connectivity index (χ4v) is 2.35. The number of halogens is 1. The van der Waals surface area contributed by atoms with E-state index in [-0.39, 0.29) is 30.0 Å². The molecule has 0 aliphatic rings. The monoisotopic (exact) mass is 462 g/mol. The summed E-state index contributed by atoms with van der Waals surface area (Å²) in [7, 11) is 0. The summed E-state index contributed by atoms with van der Waals surface area (Å²) in [6.45, 7) is 8.84. The predicted octanol–water partition coefficient (Wildman–Crippen LogP) is 3.75. The zero-order chi connectivity index (χ0) is 17.9. The lowest BCUT2D eigenvalue weighted by molar-refractivity contribution is 0.147. The smallest absolute Gasteiger partial charge is 0.407 e. The molecule has 142 valence electrons. The van der Waals surface area contributed by atoms with E-state index in [1.807, 2.05) is 18.2 Å². The summed E-state index contributed by atoms with van der Waals surface area (Å²) in [6, 6.07) is 7.94. The van der Waals surface area contributed by atoms with E-state index in [0.717, 1.165) is 18.5 Å². The first-order valence-electron chi connectivity index (χ1n) is 8.53. The van der Waals surface area contributed by atoms with E-state index in [9.17, 15) is 4.79 Å². The molecule has 0 saturated heterocycles. The number of aryl methyl sites for hydroxylation is 1. The van der Waals surface area contributed by atoms with Gasteiger partial charge in [0.2, 0.25) is 0 Å². The Labute approximate surface area is 168 Å². The molecular formula is C18H31IN4O2. The SMILES string of the molecule is CCOC(=O)NC(CN=C(N)Nc1cccc(CC)c1)CC(C)C.I. The van der Waals surface area contributed by atoms with Crippen LogP contribution in [0.25, 0.3) is 0 Å². The number of hydrogen-bond acceptors (Lipinski definition) is 3. The average molecular weight is 462 g/mol. The Hall–Kier alpha value is -1.51. The summed E-state index contributed by atoms with van der Waals surface area (Å²) >= 11 is 0. The van der Waals surface area contributed by atoms with Crippen LogP contribution in [-0.4, -0.2) is 31.2 Å². The van der Waals surface area contributed by atoms with Gasteiger partial charge in [-0.25, -0.2) is 4.79 Å². The largest absolute Gasteiger partial charge is 0.450 e. The van der Waals surface area contributed by atoms with Gasteiger partial charge in [0.15, 0.2) is 5.96 Å². The number of nitrogens with one attached hydrogen (secondary N) is 2. The lowest BCUT2D eigenvalue weighted by atomic mass is 10.0. The van der Waals surface area contributed by atoms with Crippen molar-refractivity contribution in [3.05, 3.63) is 29.8 Å². The molecule has 0 bridgehead atoms. The highest BCUT2D eigenvalue weighted by molar-refractivity contribution is 14.0. The Kier molecular flexibility index (Phi) is 12.0. The maximum atomic E-state index is 11.6. The molecule has 0 aliphatic carbocycles. The van der Waals surface area contributed by atoms with Crippen molar-refractivity contribution < 1.29 is 9.53 Å². The van der Waals surface area contributed by atoms with Gasteiger partial charge in [-0.3, -0.25) is 4.99 Å². The predicted molar refractivity (Wildman–Crippen MR) is 115 cm³/mol. The molecule has 4 N–H and O–H groups in total. The summed E-state index contributed by atoms with van der Waals surface area (Å²) in [5, 5.41) is 5.92. The molecule has 25 heavy (non-hydrogen) atoms. The first kappa shape index (κ1) is 23.5. The highest BCUT2D eigenvalue weighted by atomic mass is 127. The number of rotatable bonds is 8. The van der Waals surface area contributed by atoms with Crippen LogP contribution in [0.5, 0.6) is 0 Å². The van der Waals surface area contributed by atoms with Crippen LogP contribution in [0.1, 0.15) is 39.7 Å². The molecule has 0 heterocycles. The van der Waals surface area contributed by atoms with E-state index < -0.39 is 6.09 Å². The number of amides is 1. The first-order chi connectivity index (χ1) is 11.4. The second kappa shape index (κ2) is 12.8. The van der Waals surface area contributed by atoms with E-state index in [1.165, 1.54) is 5.56 Å². The van der Waals surface area contributed by atoms with E-state index in [0.29, 0.717) is 25.0 Å². The van der Waals surface area contributed by atoms with E-state index in [4.69, 9.17) is 10.5 Å². The van der Waals surface area contributed by atoms with Crippen molar-refractivity contribution in [2.24, 2.45) is 16.6 Å². The summed E-state index contributed by atoms with van der Waals surface area (Å²) in [5.74, 6) is 0.769. The number of nitrogens with zero attached hydrogens (tertiary/aromatic N) is 1. The number of alkyl carbamates (subject to hydrolysis) is 1. The number of anilines is 1. The zero-order valence-corrected chi connectivity index (χ0v) is 17.9.